The zero-order valence-corrected chi connectivity index (χ0v) is 16.3. The van der Waals surface area contributed by atoms with Crippen LogP contribution in [0.5, 0.6) is 0 Å². The van der Waals surface area contributed by atoms with Crippen molar-refractivity contribution >= 4 is 28.8 Å². The highest BCUT2D eigenvalue weighted by molar-refractivity contribution is 7.10. The van der Waals surface area contributed by atoms with Crippen LogP contribution < -0.4 is 4.90 Å². The van der Waals surface area contributed by atoms with Crippen molar-refractivity contribution in [3.63, 3.8) is 0 Å². The molecule has 0 bridgehead atoms. The zero-order chi connectivity index (χ0) is 19.2. The SMILES string of the molecule is CCC(=O)N1CC[C@@]2(C1)CN(C(=O)Cc1ncc(F)s1)c1ccc(C)cc12. The summed E-state index contributed by atoms with van der Waals surface area (Å²) in [6.07, 6.45) is 2.59. The molecule has 2 aromatic rings. The van der Waals surface area contributed by atoms with Crippen LogP contribution in [-0.2, 0) is 21.4 Å². The van der Waals surface area contributed by atoms with Crippen molar-refractivity contribution in [2.45, 2.75) is 38.5 Å². The number of hydrogen-bond donors (Lipinski definition) is 0. The fourth-order valence-corrected chi connectivity index (χ4v) is 4.89. The first kappa shape index (κ1) is 18.1. The first-order valence-electron chi connectivity index (χ1n) is 9.21. The van der Waals surface area contributed by atoms with Crippen LogP contribution in [0.2, 0.25) is 0 Å². The van der Waals surface area contributed by atoms with E-state index in [1.807, 2.05) is 30.9 Å². The molecule has 0 saturated carbocycles. The van der Waals surface area contributed by atoms with Gasteiger partial charge in [-0.2, -0.15) is 4.39 Å². The maximum atomic E-state index is 13.2. The predicted molar refractivity (Wildman–Crippen MR) is 102 cm³/mol. The van der Waals surface area contributed by atoms with E-state index >= 15 is 0 Å². The number of fused-ring (bicyclic) bond motifs is 2. The third-order valence-corrected chi connectivity index (χ3v) is 6.40. The van der Waals surface area contributed by atoms with Crippen LogP contribution in [0.4, 0.5) is 10.1 Å². The van der Waals surface area contributed by atoms with Crippen molar-refractivity contribution in [1.82, 2.24) is 9.88 Å². The van der Waals surface area contributed by atoms with Crippen molar-refractivity contribution in [3.8, 4) is 0 Å². The fraction of sp³-hybridized carbons (Fsp3) is 0.450. The molecule has 7 heteroatoms. The molecule has 0 unspecified atom stereocenters. The third kappa shape index (κ3) is 3.14. The van der Waals surface area contributed by atoms with Gasteiger partial charge in [-0.15, -0.1) is 0 Å². The van der Waals surface area contributed by atoms with Crippen LogP contribution in [-0.4, -0.2) is 41.3 Å². The second kappa shape index (κ2) is 6.71. The summed E-state index contributed by atoms with van der Waals surface area (Å²) in [5.41, 5.74) is 2.99. The molecule has 1 atom stereocenters. The Morgan fingerprint density at radius 3 is 2.81 bits per heavy atom. The molecule has 142 valence electrons. The molecular formula is C20H22FN3O2S. The molecule has 5 nitrogen and oxygen atoms in total. The maximum absolute atomic E-state index is 13.2. The minimum absolute atomic E-state index is 0.0772. The number of thiazole rings is 1. The summed E-state index contributed by atoms with van der Waals surface area (Å²) >= 11 is 0.911. The molecule has 1 aromatic heterocycles. The first-order chi connectivity index (χ1) is 12.9. The summed E-state index contributed by atoms with van der Waals surface area (Å²) in [5, 5.41) is 0.109. The number of carbonyl (C=O) groups excluding carboxylic acids is 2. The molecule has 4 rings (SSSR count). The Bertz CT molecular complexity index is 912. The number of rotatable bonds is 3. The van der Waals surface area contributed by atoms with Gasteiger partial charge in [-0.1, -0.05) is 36.0 Å². The van der Waals surface area contributed by atoms with Crippen molar-refractivity contribution in [2.75, 3.05) is 24.5 Å². The lowest BCUT2D eigenvalue weighted by atomic mass is 9.81. The van der Waals surface area contributed by atoms with E-state index in [1.165, 1.54) is 0 Å². The molecule has 2 aliphatic heterocycles. The third-order valence-electron chi connectivity index (χ3n) is 5.61. The van der Waals surface area contributed by atoms with Gasteiger partial charge in [-0.25, -0.2) is 4.98 Å². The lowest BCUT2D eigenvalue weighted by Crippen LogP contribution is -2.40. The number of hydrogen-bond acceptors (Lipinski definition) is 4. The largest absolute Gasteiger partial charge is 0.342 e. The summed E-state index contributed by atoms with van der Waals surface area (Å²) < 4.78 is 13.2. The van der Waals surface area contributed by atoms with E-state index in [9.17, 15) is 14.0 Å². The van der Waals surface area contributed by atoms with Gasteiger partial charge in [0.25, 0.3) is 0 Å². The zero-order valence-electron chi connectivity index (χ0n) is 15.5. The molecule has 0 aliphatic carbocycles. The highest BCUT2D eigenvalue weighted by Gasteiger charge is 2.49. The number of benzene rings is 1. The molecule has 27 heavy (non-hydrogen) atoms. The first-order valence-corrected chi connectivity index (χ1v) is 10.0. The molecule has 2 amide bonds. The van der Waals surface area contributed by atoms with Gasteiger partial charge in [-0.3, -0.25) is 9.59 Å². The summed E-state index contributed by atoms with van der Waals surface area (Å²) in [7, 11) is 0. The number of carbonyl (C=O) groups is 2. The number of halogens is 1. The Morgan fingerprint density at radius 1 is 1.30 bits per heavy atom. The van der Waals surface area contributed by atoms with Crippen molar-refractivity contribution in [2.24, 2.45) is 0 Å². The molecule has 1 fully saturated rings. The number of amides is 2. The highest BCUT2D eigenvalue weighted by Crippen LogP contribution is 2.47. The normalized spacial score (nSPS) is 21.1. The van der Waals surface area contributed by atoms with Gasteiger partial charge in [0.15, 0.2) is 5.13 Å². The van der Waals surface area contributed by atoms with Crippen molar-refractivity contribution < 1.29 is 14.0 Å². The second-order valence-electron chi connectivity index (χ2n) is 7.43. The van der Waals surface area contributed by atoms with Gasteiger partial charge in [0, 0.05) is 37.2 Å². The quantitative estimate of drug-likeness (QED) is 0.813. The van der Waals surface area contributed by atoms with Crippen LogP contribution in [0.1, 0.15) is 35.9 Å². The smallest absolute Gasteiger partial charge is 0.233 e. The molecule has 1 spiro atoms. The summed E-state index contributed by atoms with van der Waals surface area (Å²) in [5.74, 6) is 0.0794. The van der Waals surface area contributed by atoms with Gasteiger partial charge < -0.3 is 9.80 Å². The summed E-state index contributed by atoms with van der Waals surface area (Å²) in [6.45, 7) is 5.85. The molecule has 2 aliphatic rings. The average Bonchev–Trinajstić information content (AvgIpc) is 3.34. The molecule has 3 heterocycles. The van der Waals surface area contributed by atoms with Gasteiger partial charge in [0.1, 0.15) is 5.01 Å². The van der Waals surface area contributed by atoms with Gasteiger partial charge >= 0.3 is 0 Å². The summed E-state index contributed by atoms with van der Waals surface area (Å²) in [6, 6.07) is 6.14. The van der Waals surface area contributed by atoms with Gasteiger partial charge in [-0.05, 0) is 25.0 Å². The van der Waals surface area contributed by atoms with Crippen LogP contribution >= 0.6 is 11.3 Å². The van der Waals surface area contributed by atoms with Crippen molar-refractivity contribution in [3.05, 3.63) is 45.7 Å². The lowest BCUT2D eigenvalue weighted by Gasteiger charge is -2.25. The molecular weight excluding hydrogens is 365 g/mol. The monoisotopic (exact) mass is 387 g/mol. The van der Waals surface area contributed by atoms with E-state index in [1.54, 1.807) is 4.90 Å². The Balaban J connectivity index is 1.64. The maximum Gasteiger partial charge on any atom is 0.233 e. The van der Waals surface area contributed by atoms with Crippen LogP contribution in [0.3, 0.4) is 0 Å². The predicted octanol–water partition coefficient (Wildman–Crippen LogP) is 3.06. The summed E-state index contributed by atoms with van der Waals surface area (Å²) in [4.78, 5) is 32.9. The van der Waals surface area contributed by atoms with E-state index in [0.29, 0.717) is 24.5 Å². The van der Waals surface area contributed by atoms with Gasteiger partial charge in [0.05, 0.1) is 12.6 Å². The highest BCUT2D eigenvalue weighted by atomic mass is 32.1. The number of aryl methyl sites for hydroxylation is 1. The molecule has 1 saturated heterocycles. The van der Waals surface area contributed by atoms with E-state index in [2.05, 4.69) is 11.1 Å². The standard InChI is InChI=1S/C20H22FN3O2S/c1-3-18(25)23-7-6-20(11-23)12-24(15-5-4-13(2)8-14(15)20)19(26)9-17-22-10-16(21)27-17/h4-5,8,10H,3,6-7,9,11-12H2,1-2H3/t20-/m1/s1. The van der Waals surface area contributed by atoms with E-state index in [-0.39, 0.29) is 28.8 Å². The molecule has 0 radical (unpaired) electrons. The Labute approximate surface area is 161 Å². The second-order valence-corrected chi connectivity index (χ2v) is 8.50. The van der Waals surface area contributed by atoms with E-state index < -0.39 is 0 Å². The van der Waals surface area contributed by atoms with Gasteiger partial charge in [0.2, 0.25) is 11.8 Å². The van der Waals surface area contributed by atoms with E-state index in [4.69, 9.17) is 0 Å². The number of nitrogens with zero attached hydrogens (tertiary/aromatic N) is 3. The van der Waals surface area contributed by atoms with Crippen LogP contribution in [0.15, 0.2) is 24.4 Å². The number of anilines is 1. The molecule has 1 aromatic carbocycles. The Kier molecular flexibility index (Phi) is 4.50. The van der Waals surface area contributed by atoms with E-state index in [0.717, 1.165) is 47.3 Å². The number of likely N-dealkylation sites (tertiary alicyclic amines) is 1. The average molecular weight is 387 g/mol. The molecule has 0 N–H and O–H groups in total. The van der Waals surface area contributed by atoms with Crippen LogP contribution in [0.25, 0.3) is 0 Å². The lowest BCUT2D eigenvalue weighted by molar-refractivity contribution is -0.130. The minimum Gasteiger partial charge on any atom is -0.342 e. The fourth-order valence-electron chi connectivity index (χ4n) is 4.26. The topological polar surface area (TPSA) is 53.5 Å². The van der Waals surface area contributed by atoms with Crippen molar-refractivity contribution in [1.29, 1.82) is 0 Å². The van der Waals surface area contributed by atoms with Crippen LogP contribution in [0, 0.1) is 12.1 Å². The minimum atomic E-state index is -0.378. The number of aromatic nitrogens is 1. The Morgan fingerprint density at radius 2 is 2.11 bits per heavy atom. The Hall–Kier alpha value is -2.28.